The zero-order valence-electron chi connectivity index (χ0n) is 16.2. The van der Waals surface area contributed by atoms with Gasteiger partial charge in [0.15, 0.2) is 0 Å². The van der Waals surface area contributed by atoms with Gasteiger partial charge in [-0.3, -0.25) is 14.5 Å². The number of nitrogens with one attached hydrogen (secondary N) is 2. The average Bonchev–Trinajstić information content (AvgIpc) is 2.85. The van der Waals surface area contributed by atoms with Gasteiger partial charge in [0.25, 0.3) is 5.91 Å². The van der Waals surface area contributed by atoms with Crippen molar-refractivity contribution in [3.05, 3.63) is 35.4 Å². The normalized spacial score (nSPS) is 30.3. The van der Waals surface area contributed by atoms with Gasteiger partial charge in [0.2, 0.25) is 5.91 Å². The van der Waals surface area contributed by atoms with Gasteiger partial charge in [0, 0.05) is 11.6 Å². The number of halogens is 2. The van der Waals surface area contributed by atoms with Crippen LogP contribution in [0.25, 0.3) is 0 Å². The Balaban J connectivity index is 1.73. The van der Waals surface area contributed by atoms with E-state index in [9.17, 15) is 23.2 Å². The van der Waals surface area contributed by atoms with Crippen LogP contribution in [0.15, 0.2) is 18.2 Å². The van der Waals surface area contributed by atoms with Crippen molar-refractivity contribution in [2.75, 3.05) is 6.54 Å². The Morgan fingerprint density at radius 1 is 1.29 bits per heavy atom. The molecule has 6 nitrogen and oxygen atoms in total. The van der Waals surface area contributed by atoms with Crippen LogP contribution in [0.2, 0.25) is 0 Å². The molecule has 2 aliphatic rings. The zero-order chi connectivity index (χ0) is 20.6. The highest BCUT2D eigenvalue weighted by Gasteiger charge is 2.51. The Morgan fingerprint density at radius 2 is 2.00 bits per heavy atom. The molecule has 2 N–H and O–H groups in total. The van der Waals surface area contributed by atoms with Gasteiger partial charge in [-0.05, 0) is 43.4 Å². The monoisotopic (exact) mass is 393 g/mol. The molecule has 0 bridgehead atoms. The number of urea groups is 1. The first-order valence-corrected chi connectivity index (χ1v) is 9.52. The number of carbonyl (C=O) groups is 3. The van der Waals surface area contributed by atoms with E-state index in [1.54, 1.807) is 0 Å². The fraction of sp³-hybridized carbons (Fsp3) is 0.550. The number of amides is 4. The summed E-state index contributed by atoms with van der Waals surface area (Å²) in [5.41, 5.74) is -2.04. The average molecular weight is 393 g/mol. The van der Waals surface area contributed by atoms with Gasteiger partial charge in [-0.25, -0.2) is 13.6 Å². The van der Waals surface area contributed by atoms with Crippen LogP contribution in [0.1, 0.15) is 45.6 Å². The van der Waals surface area contributed by atoms with Crippen molar-refractivity contribution in [1.82, 2.24) is 15.5 Å². The molecule has 28 heavy (non-hydrogen) atoms. The van der Waals surface area contributed by atoms with Crippen LogP contribution >= 0.6 is 0 Å². The number of nitrogens with zero attached hydrogens (tertiary/aromatic N) is 1. The first kappa shape index (κ1) is 20.2. The second-order valence-electron chi connectivity index (χ2n) is 8.01. The van der Waals surface area contributed by atoms with Gasteiger partial charge in [0.1, 0.15) is 23.7 Å². The number of rotatable bonds is 4. The second kappa shape index (κ2) is 7.48. The molecule has 0 radical (unpaired) electrons. The molecule has 0 unspecified atom stereocenters. The summed E-state index contributed by atoms with van der Waals surface area (Å²) in [5.74, 6) is -1.99. The van der Waals surface area contributed by atoms with Crippen molar-refractivity contribution in [3.63, 3.8) is 0 Å². The van der Waals surface area contributed by atoms with Crippen molar-refractivity contribution in [2.45, 2.75) is 51.6 Å². The summed E-state index contributed by atoms with van der Waals surface area (Å²) >= 11 is 0. The van der Waals surface area contributed by atoms with Crippen LogP contribution in [0, 0.1) is 23.5 Å². The molecule has 1 aliphatic carbocycles. The number of benzene rings is 1. The molecule has 1 heterocycles. The maximum absolute atomic E-state index is 14.2. The quantitative estimate of drug-likeness (QED) is 0.772. The van der Waals surface area contributed by atoms with Gasteiger partial charge < -0.3 is 10.6 Å². The SMILES string of the molecule is C[C@@H]1[C@H](C)CCC[C@@H]1NC(=O)CN1C(=O)N[C@@](C)(c2cc(F)ccc2F)C1=O. The Labute approximate surface area is 162 Å². The molecule has 152 valence electrons. The summed E-state index contributed by atoms with van der Waals surface area (Å²) < 4.78 is 27.7. The van der Waals surface area contributed by atoms with E-state index in [4.69, 9.17) is 0 Å². The molecule has 3 rings (SSSR count). The molecule has 0 aromatic heterocycles. The fourth-order valence-corrected chi connectivity index (χ4v) is 4.09. The summed E-state index contributed by atoms with van der Waals surface area (Å²) in [6.07, 6.45) is 2.97. The molecule has 0 spiro atoms. The van der Waals surface area contributed by atoms with Crippen LogP contribution < -0.4 is 10.6 Å². The summed E-state index contributed by atoms with van der Waals surface area (Å²) in [6.45, 7) is 5.05. The third-order valence-corrected chi connectivity index (χ3v) is 6.10. The number of carbonyl (C=O) groups excluding carboxylic acids is 3. The van der Waals surface area contributed by atoms with Gasteiger partial charge in [0.05, 0.1) is 0 Å². The molecule has 4 amide bonds. The standard InChI is InChI=1S/C20H25F2N3O3/c1-11-5-4-6-16(12(11)2)23-17(26)10-25-18(27)20(3,24-19(25)28)14-9-13(21)7-8-15(14)22/h7-9,11-12,16H,4-6,10H2,1-3H3,(H,23,26)(H,24,28)/t11-,12-,16+,20+/m1/s1. The topological polar surface area (TPSA) is 78.5 Å². The summed E-state index contributed by atoms with van der Waals surface area (Å²) in [7, 11) is 0. The third-order valence-electron chi connectivity index (χ3n) is 6.10. The number of hydrogen-bond donors (Lipinski definition) is 2. The first-order valence-electron chi connectivity index (χ1n) is 9.52. The van der Waals surface area contributed by atoms with E-state index in [1.807, 2.05) is 0 Å². The van der Waals surface area contributed by atoms with Crippen molar-refractivity contribution >= 4 is 17.8 Å². The lowest BCUT2D eigenvalue weighted by Crippen LogP contribution is -2.49. The van der Waals surface area contributed by atoms with E-state index in [1.165, 1.54) is 6.92 Å². The van der Waals surface area contributed by atoms with E-state index in [0.29, 0.717) is 11.8 Å². The van der Waals surface area contributed by atoms with Crippen LogP contribution in [0.4, 0.5) is 13.6 Å². The zero-order valence-corrected chi connectivity index (χ0v) is 16.2. The van der Waals surface area contributed by atoms with E-state index in [2.05, 4.69) is 24.5 Å². The molecule has 1 aliphatic heterocycles. The fourth-order valence-electron chi connectivity index (χ4n) is 4.09. The Bertz CT molecular complexity index is 816. The van der Waals surface area contributed by atoms with Crippen molar-refractivity contribution < 1.29 is 23.2 Å². The summed E-state index contributed by atoms with van der Waals surface area (Å²) in [4.78, 5) is 38.3. The van der Waals surface area contributed by atoms with Crippen molar-refractivity contribution in [2.24, 2.45) is 11.8 Å². The maximum atomic E-state index is 14.2. The van der Waals surface area contributed by atoms with Gasteiger partial charge in [-0.15, -0.1) is 0 Å². The van der Waals surface area contributed by atoms with Crippen LogP contribution in [-0.2, 0) is 15.1 Å². The molecule has 8 heteroatoms. The molecule has 4 atom stereocenters. The second-order valence-corrected chi connectivity index (χ2v) is 8.01. The molecule has 2 fully saturated rings. The van der Waals surface area contributed by atoms with Gasteiger partial charge in [-0.2, -0.15) is 0 Å². The van der Waals surface area contributed by atoms with E-state index >= 15 is 0 Å². The minimum atomic E-state index is -1.77. The Morgan fingerprint density at radius 3 is 2.71 bits per heavy atom. The van der Waals surface area contributed by atoms with Gasteiger partial charge in [-0.1, -0.05) is 26.7 Å². The van der Waals surface area contributed by atoms with Crippen molar-refractivity contribution in [3.8, 4) is 0 Å². The van der Waals surface area contributed by atoms with Crippen molar-refractivity contribution in [1.29, 1.82) is 0 Å². The van der Waals surface area contributed by atoms with Crippen LogP contribution in [0.5, 0.6) is 0 Å². The highest BCUT2D eigenvalue weighted by Crippen LogP contribution is 2.32. The smallest absolute Gasteiger partial charge is 0.325 e. The van der Waals surface area contributed by atoms with E-state index in [-0.39, 0.29) is 11.6 Å². The van der Waals surface area contributed by atoms with Crippen LogP contribution in [0.3, 0.4) is 0 Å². The van der Waals surface area contributed by atoms with E-state index < -0.39 is 41.6 Å². The first-order chi connectivity index (χ1) is 13.1. The van der Waals surface area contributed by atoms with Crippen LogP contribution in [-0.4, -0.2) is 35.3 Å². The molecular formula is C20H25F2N3O3. The lowest BCUT2D eigenvalue weighted by atomic mass is 9.78. The minimum absolute atomic E-state index is 0.0101. The Hall–Kier alpha value is -2.51. The maximum Gasteiger partial charge on any atom is 0.325 e. The lowest BCUT2D eigenvalue weighted by Gasteiger charge is -2.34. The number of imide groups is 1. The molecule has 1 aromatic rings. The summed E-state index contributed by atoms with van der Waals surface area (Å²) in [6, 6.07) is 1.89. The highest BCUT2D eigenvalue weighted by atomic mass is 19.1. The largest absolute Gasteiger partial charge is 0.352 e. The van der Waals surface area contributed by atoms with Gasteiger partial charge >= 0.3 is 6.03 Å². The number of hydrogen-bond acceptors (Lipinski definition) is 3. The predicted octanol–water partition coefficient (Wildman–Crippen LogP) is 2.67. The summed E-state index contributed by atoms with van der Waals surface area (Å²) in [5, 5.41) is 5.30. The third kappa shape index (κ3) is 3.59. The molecular weight excluding hydrogens is 368 g/mol. The molecule has 1 saturated carbocycles. The van der Waals surface area contributed by atoms with E-state index in [0.717, 1.165) is 42.4 Å². The molecule has 1 aromatic carbocycles. The Kier molecular flexibility index (Phi) is 5.41. The molecule has 1 saturated heterocycles. The lowest BCUT2D eigenvalue weighted by molar-refractivity contribution is -0.135. The highest BCUT2D eigenvalue weighted by molar-refractivity contribution is 6.09. The predicted molar refractivity (Wildman–Crippen MR) is 98.1 cm³/mol. The minimum Gasteiger partial charge on any atom is -0.352 e.